The van der Waals surface area contributed by atoms with Crippen LogP contribution in [-0.4, -0.2) is 19.8 Å². The molecule has 1 aromatic carbocycles. The van der Waals surface area contributed by atoms with Gasteiger partial charge in [0, 0.05) is 11.4 Å². The zero-order chi connectivity index (χ0) is 14.7. The Morgan fingerprint density at radius 1 is 1.40 bits per heavy atom. The molecule has 0 bridgehead atoms. The quantitative estimate of drug-likeness (QED) is 0.677. The molecule has 0 atom stereocenters. The highest BCUT2D eigenvalue weighted by Crippen LogP contribution is 2.36. The van der Waals surface area contributed by atoms with Gasteiger partial charge in [-0.2, -0.15) is 5.10 Å². The first kappa shape index (κ1) is 14.5. The van der Waals surface area contributed by atoms with E-state index in [2.05, 4.69) is 5.10 Å². The van der Waals surface area contributed by atoms with Gasteiger partial charge in [0.05, 0.1) is 11.5 Å². The van der Waals surface area contributed by atoms with Crippen molar-refractivity contribution < 1.29 is 10.0 Å². The molecule has 6 nitrogen and oxygen atoms in total. The second-order valence-electron chi connectivity index (χ2n) is 4.22. The highest BCUT2D eigenvalue weighted by atomic mass is 32.2. The van der Waals surface area contributed by atoms with Crippen molar-refractivity contribution in [3.63, 3.8) is 0 Å². The van der Waals surface area contributed by atoms with Crippen molar-refractivity contribution in [2.24, 2.45) is 0 Å². The van der Waals surface area contributed by atoms with Gasteiger partial charge in [-0.1, -0.05) is 23.9 Å². The molecule has 0 unspecified atom stereocenters. The van der Waals surface area contributed by atoms with E-state index in [1.165, 1.54) is 11.8 Å². The number of aryl methyl sites for hydroxylation is 2. The van der Waals surface area contributed by atoms with E-state index in [0.29, 0.717) is 17.3 Å². The maximum Gasteiger partial charge on any atom is 0.324 e. The first-order valence-corrected chi connectivity index (χ1v) is 6.98. The van der Waals surface area contributed by atoms with Gasteiger partial charge in [-0.05, 0) is 31.5 Å². The molecule has 0 aliphatic rings. The lowest BCUT2D eigenvalue weighted by Crippen LogP contribution is -1.99. The predicted octanol–water partition coefficient (Wildman–Crippen LogP) is 2.76. The molecule has 0 spiro atoms. The molecule has 106 valence electrons. The standard InChI is InChI=1S/C13H15N3O3S/c1-3-15-13(12(16(18)19)9(2)14-15)20-11-6-4-10(8-17)5-7-11/h4-7,17H,3,8H2,1-2H3. The summed E-state index contributed by atoms with van der Waals surface area (Å²) in [6.07, 6.45) is 0. The number of rotatable bonds is 5. The fraction of sp³-hybridized carbons (Fsp3) is 0.308. The van der Waals surface area contributed by atoms with E-state index >= 15 is 0 Å². The number of nitrogens with zero attached hydrogens (tertiary/aromatic N) is 3. The number of benzene rings is 1. The summed E-state index contributed by atoms with van der Waals surface area (Å²) >= 11 is 1.31. The van der Waals surface area contributed by atoms with Crippen molar-refractivity contribution in [2.45, 2.75) is 36.9 Å². The number of aliphatic hydroxyl groups excluding tert-OH is 1. The number of aromatic nitrogens is 2. The molecule has 7 heteroatoms. The molecule has 2 rings (SSSR count). The lowest BCUT2D eigenvalue weighted by molar-refractivity contribution is -0.388. The Labute approximate surface area is 120 Å². The number of aliphatic hydroxyl groups is 1. The van der Waals surface area contributed by atoms with E-state index in [1.807, 2.05) is 19.1 Å². The molecule has 0 saturated carbocycles. The summed E-state index contributed by atoms with van der Waals surface area (Å²) in [7, 11) is 0. The van der Waals surface area contributed by atoms with Crippen LogP contribution in [0.1, 0.15) is 18.2 Å². The molecule has 0 aliphatic heterocycles. The van der Waals surface area contributed by atoms with Crippen LogP contribution in [0.4, 0.5) is 5.69 Å². The van der Waals surface area contributed by atoms with Crippen molar-refractivity contribution in [2.75, 3.05) is 0 Å². The van der Waals surface area contributed by atoms with Crippen molar-refractivity contribution in [1.29, 1.82) is 0 Å². The monoisotopic (exact) mass is 293 g/mol. The van der Waals surface area contributed by atoms with Crippen molar-refractivity contribution >= 4 is 17.4 Å². The summed E-state index contributed by atoms with van der Waals surface area (Å²) in [6, 6.07) is 7.27. The van der Waals surface area contributed by atoms with Gasteiger partial charge in [-0.25, -0.2) is 0 Å². The highest BCUT2D eigenvalue weighted by Gasteiger charge is 2.25. The van der Waals surface area contributed by atoms with Gasteiger partial charge in [0.1, 0.15) is 5.69 Å². The summed E-state index contributed by atoms with van der Waals surface area (Å²) in [5.74, 6) is 0. The average Bonchev–Trinajstić information content (AvgIpc) is 2.75. The molecule has 1 heterocycles. The maximum atomic E-state index is 11.2. The van der Waals surface area contributed by atoms with E-state index in [0.717, 1.165) is 10.5 Å². The normalized spacial score (nSPS) is 10.8. The van der Waals surface area contributed by atoms with E-state index < -0.39 is 0 Å². The Morgan fingerprint density at radius 3 is 2.55 bits per heavy atom. The lowest BCUT2D eigenvalue weighted by atomic mass is 10.2. The molecule has 20 heavy (non-hydrogen) atoms. The van der Waals surface area contributed by atoms with Crippen molar-refractivity contribution in [3.8, 4) is 0 Å². The van der Waals surface area contributed by atoms with Gasteiger partial charge in [-0.15, -0.1) is 0 Å². The van der Waals surface area contributed by atoms with Gasteiger partial charge < -0.3 is 5.11 Å². The SMILES string of the molecule is CCn1nc(C)c([N+](=O)[O-])c1Sc1ccc(CO)cc1. The van der Waals surface area contributed by atoms with Crippen molar-refractivity contribution in [1.82, 2.24) is 9.78 Å². The minimum Gasteiger partial charge on any atom is -0.392 e. The predicted molar refractivity (Wildman–Crippen MR) is 75.8 cm³/mol. The van der Waals surface area contributed by atoms with Crippen LogP contribution in [0.2, 0.25) is 0 Å². The smallest absolute Gasteiger partial charge is 0.324 e. The molecule has 0 amide bonds. The maximum absolute atomic E-state index is 11.2. The highest BCUT2D eigenvalue weighted by molar-refractivity contribution is 7.99. The largest absolute Gasteiger partial charge is 0.392 e. The van der Waals surface area contributed by atoms with E-state index in [-0.39, 0.29) is 17.2 Å². The molecule has 0 fully saturated rings. The van der Waals surface area contributed by atoms with Crippen LogP contribution in [0.15, 0.2) is 34.2 Å². The number of nitro groups is 1. The third kappa shape index (κ3) is 2.83. The summed E-state index contributed by atoms with van der Waals surface area (Å²) in [5, 5.41) is 24.9. The summed E-state index contributed by atoms with van der Waals surface area (Å²) in [5.41, 5.74) is 1.29. The minimum atomic E-state index is -0.390. The molecule has 2 aromatic rings. The van der Waals surface area contributed by atoms with E-state index in [9.17, 15) is 10.1 Å². The summed E-state index contributed by atoms with van der Waals surface area (Å²) in [6.45, 7) is 4.10. The average molecular weight is 293 g/mol. The Balaban J connectivity index is 2.38. The molecular weight excluding hydrogens is 278 g/mol. The molecule has 1 aromatic heterocycles. The van der Waals surface area contributed by atoms with Gasteiger partial charge in [0.15, 0.2) is 5.03 Å². The topological polar surface area (TPSA) is 81.2 Å². The molecule has 0 saturated heterocycles. The first-order chi connectivity index (χ1) is 9.56. The summed E-state index contributed by atoms with van der Waals surface area (Å²) < 4.78 is 1.64. The third-order valence-electron chi connectivity index (χ3n) is 2.85. The Bertz CT molecular complexity index is 623. The Kier molecular flexibility index (Phi) is 4.41. The van der Waals surface area contributed by atoms with Crippen LogP contribution >= 0.6 is 11.8 Å². The second-order valence-corrected chi connectivity index (χ2v) is 5.28. The van der Waals surface area contributed by atoms with Crippen LogP contribution in [0.25, 0.3) is 0 Å². The van der Waals surface area contributed by atoms with Gasteiger partial charge >= 0.3 is 5.69 Å². The molecular formula is C13H15N3O3S. The van der Waals surface area contributed by atoms with Gasteiger partial charge in [-0.3, -0.25) is 14.8 Å². The first-order valence-electron chi connectivity index (χ1n) is 6.16. The fourth-order valence-electron chi connectivity index (χ4n) is 1.85. The zero-order valence-corrected chi connectivity index (χ0v) is 12.1. The van der Waals surface area contributed by atoms with Crippen LogP contribution in [0, 0.1) is 17.0 Å². The summed E-state index contributed by atoms with van der Waals surface area (Å²) in [4.78, 5) is 11.7. The van der Waals surface area contributed by atoms with Gasteiger partial charge in [0.25, 0.3) is 0 Å². The van der Waals surface area contributed by atoms with Crippen LogP contribution in [-0.2, 0) is 13.2 Å². The van der Waals surface area contributed by atoms with Crippen LogP contribution < -0.4 is 0 Å². The number of hydrogen-bond donors (Lipinski definition) is 1. The molecule has 1 N–H and O–H groups in total. The van der Waals surface area contributed by atoms with E-state index in [1.54, 1.807) is 23.7 Å². The molecule has 0 aliphatic carbocycles. The van der Waals surface area contributed by atoms with Crippen LogP contribution in [0.3, 0.4) is 0 Å². The minimum absolute atomic E-state index is 0.0168. The second kappa shape index (κ2) is 6.06. The van der Waals surface area contributed by atoms with Crippen molar-refractivity contribution in [3.05, 3.63) is 45.6 Å². The lowest BCUT2D eigenvalue weighted by Gasteiger charge is -2.04. The fourth-order valence-corrected chi connectivity index (χ4v) is 2.94. The third-order valence-corrected chi connectivity index (χ3v) is 3.96. The Morgan fingerprint density at radius 2 is 2.05 bits per heavy atom. The van der Waals surface area contributed by atoms with Gasteiger partial charge in [0.2, 0.25) is 0 Å². The van der Waals surface area contributed by atoms with Crippen LogP contribution in [0.5, 0.6) is 0 Å². The van der Waals surface area contributed by atoms with E-state index in [4.69, 9.17) is 5.11 Å². The number of hydrogen-bond acceptors (Lipinski definition) is 5. The molecule has 0 radical (unpaired) electrons. The Hall–Kier alpha value is -1.86. The zero-order valence-electron chi connectivity index (χ0n) is 11.2.